The molecule has 6 nitrogen and oxygen atoms in total. The molecule has 2 heterocycles. The maximum Gasteiger partial charge on any atom is 0.190 e. The molecule has 10 heteroatoms. The predicted octanol–water partition coefficient (Wildman–Crippen LogP) is 5.28. The topological polar surface area (TPSA) is 75.0 Å². The molecular formula is C27H30ClF3N2O4. The summed E-state index contributed by atoms with van der Waals surface area (Å²) in [5.41, 5.74) is 0.932. The summed E-state index contributed by atoms with van der Waals surface area (Å²) in [6, 6.07) is 6.59. The third-order valence-electron chi connectivity index (χ3n) is 7.22. The highest BCUT2D eigenvalue weighted by Gasteiger charge is 2.34. The van der Waals surface area contributed by atoms with E-state index in [1.165, 1.54) is 6.20 Å². The quantitative estimate of drug-likeness (QED) is 0.366. The van der Waals surface area contributed by atoms with Crippen molar-refractivity contribution in [3.8, 4) is 11.5 Å². The summed E-state index contributed by atoms with van der Waals surface area (Å²) in [5, 5.41) is 22.4. The normalized spacial score (nSPS) is 16.6. The Labute approximate surface area is 218 Å². The third-order valence-corrected chi connectivity index (χ3v) is 7.52. The first-order valence-corrected chi connectivity index (χ1v) is 12.5. The van der Waals surface area contributed by atoms with Crippen LogP contribution < -0.4 is 9.47 Å². The highest BCUT2D eigenvalue weighted by molar-refractivity contribution is 6.32. The fourth-order valence-electron chi connectivity index (χ4n) is 4.90. The zero-order chi connectivity index (χ0) is 26.6. The number of aliphatic hydroxyl groups excluding tert-OH is 2. The van der Waals surface area contributed by atoms with Crippen molar-refractivity contribution < 1.29 is 32.9 Å². The summed E-state index contributed by atoms with van der Waals surface area (Å²) in [7, 11) is 1.57. The van der Waals surface area contributed by atoms with Gasteiger partial charge >= 0.3 is 0 Å². The number of benzene rings is 2. The molecule has 1 aliphatic heterocycles. The molecule has 1 aliphatic rings. The van der Waals surface area contributed by atoms with Crippen molar-refractivity contribution >= 4 is 22.5 Å². The lowest BCUT2D eigenvalue weighted by Crippen LogP contribution is -2.43. The third kappa shape index (κ3) is 6.29. The SMILES string of the molecule is COc1ccc2ncc(Cl)c([C@H](O)CCC3(CO)CCN(CCOc4c(F)cc(F)cc4F)CC3)c2c1. The average Bonchev–Trinajstić information content (AvgIpc) is 2.89. The molecule has 3 aromatic rings. The van der Waals surface area contributed by atoms with Crippen LogP contribution >= 0.6 is 11.6 Å². The smallest absolute Gasteiger partial charge is 0.190 e. The van der Waals surface area contributed by atoms with Gasteiger partial charge in [0.25, 0.3) is 0 Å². The van der Waals surface area contributed by atoms with Crippen molar-refractivity contribution in [2.75, 3.05) is 40.0 Å². The average molecular weight is 539 g/mol. The van der Waals surface area contributed by atoms with Gasteiger partial charge in [-0.25, -0.2) is 13.2 Å². The van der Waals surface area contributed by atoms with Gasteiger partial charge in [-0.15, -0.1) is 0 Å². The predicted molar refractivity (Wildman–Crippen MR) is 135 cm³/mol. The van der Waals surface area contributed by atoms with Gasteiger partial charge < -0.3 is 19.7 Å². The summed E-state index contributed by atoms with van der Waals surface area (Å²) in [6.45, 7) is 1.77. The van der Waals surface area contributed by atoms with Gasteiger partial charge in [0.1, 0.15) is 18.2 Å². The monoisotopic (exact) mass is 538 g/mol. The summed E-state index contributed by atoms with van der Waals surface area (Å²) < 4.78 is 51.1. The van der Waals surface area contributed by atoms with E-state index in [0.29, 0.717) is 79.3 Å². The minimum atomic E-state index is -1.07. The van der Waals surface area contributed by atoms with Gasteiger partial charge in [0.15, 0.2) is 17.4 Å². The zero-order valence-electron chi connectivity index (χ0n) is 20.5. The summed E-state index contributed by atoms with van der Waals surface area (Å²) >= 11 is 6.43. The number of aliphatic hydroxyl groups is 2. The fourth-order valence-corrected chi connectivity index (χ4v) is 5.18. The number of rotatable bonds is 10. The van der Waals surface area contributed by atoms with E-state index >= 15 is 0 Å². The minimum absolute atomic E-state index is 0.0191. The van der Waals surface area contributed by atoms with Crippen molar-refractivity contribution in [3.63, 3.8) is 0 Å². The number of pyridine rings is 1. The Morgan fingerprint density at radius 2 is 1.84 bits per heavy atom. The number of fused-ring (bicyclic) bond motifs is 1. The minimum Gasteiger partial charge on any atom is -0.497 e. The van der Waals surface area contributed by atoms with Crippen LogP contribution in [0.2, 0.25) is 5.02 Å². The summed E-state index contributed by atoms with van der Waals surface area (Å²) in [6.07, 6.45) is 3.05. The Morgan fingerprint density at radius 3 is 2.49 bits per heavy atom. The summed E-state index contributed by atoms with van der Waals surface area (Å²) in [4.78, 5) is 6.42. The Bertz CT molecular complexity index is 1210. The van der Waals surface area contributed by atoms with E-state index in [0.717, 1.165) is 5.39 Å². The van der Waals surface area contributed by atoms with Gasteiger partial charge in [0, 0.05) is 42.4 Å². The van der Waals surface area contributed by atoms with Crippen molar-refractivity contribution in [3.05, 3.63) is 64.6 Å². The van der Waals surface area contributed by atoms with Crippen LogP contribution in [-0.2, 0) is 0 Å². The van der Waals surface area contributed by atoms with Crippen LogP contribution in [0.3, 0.4) is 0 Å². The first-order valence-electron chi connectivity index (χ1n) is 12.2. The standard InChI is InChI=1S/C27H30ClF3N2O4/c1-36-18-2-3-23-19(14-18)25(20(28)15-32-23)24(35)4-5-27(16-34)6-8-33(9-7-27)10-11-37-26-21(30)12-17(29)13-22(26)31/h2-3,12-15,24,34-35H,4-11,16H2,1H3/t24-/m1/s1. The van der Waals surface area contributed by atoms with Crippen LogP contribution in [0.1, 0.15) is 37.4 Å². The largest absolute Gasteiger partial charge is 0.497 e. The van der Waals surface area contributed by atoms with Gasteiger partial charge in [0.2, 0.25) is 0 Å². The lowest BCUT2D eigenvalue weighted by Gasteiger charge is -2.41. The molecule has 0 saturated carbocycles. The lowest BCUT2D eigenvalue weighted by molar-refractivity contribution is 0.0202. The first kappa shape index (κ1) is 27.4. The van der Waals surface area contributed by atoms with E-state index in [9.17, 15) is 23.4 Å². The molecule has 0 bridgehead atoms. The van der Waals surface area contributed by atoms with Crippen LogP contribution in [0, 0.1) is 22.9 Å². The van der Waals surface area contributed by atoms with Gasteiger partial charge in [-0.1, -0.05) is 11.6 Å². The number of hydrogen-bond acceptors (Lipinski definition) is 6. The molecule has 2 N–H and O–H groups in total. The molecule has 0 aliphatic carbocycles. The Kier molecular flexibility index (Phi) is 8.79. The van der Waals surface area contributed by atoms with Crippen LogP contribution in [0.15, 0.2) is 36.5 Å². The molecule has 0 unspecified atom stereocenters. The highest BCUT2D eigenvalue weighted by atomic mass is 35.5. The maximum absolute atomic E-state index is 13.8. The molecule has 4 rings (SSSR count). The molecule has 0 spiro atoms. The molecule has 0 amide bonds. The van der Waals surface area contributed by atoms with Gasteiger partial charge in [-0.3, -0.25) is 9.88 Å². The Hall–Kier alpha value is -2.59. The number of nitrogens with zero attached hydrogens (tertiary/aromatic N) is 2. The van der Waals surface area contributed by atoms with E-state index in [1.807, 2.05) is 6.07 Å². The van der Waals surface area contributed by atoms with Gasteiger partial charge in [0.05, 0.1) is 23.8 Å². The Balaban J connectivity index is 1.33. The molecule has 0 radical (unpaired) electrons. The van der Waals surface area contributed by atoms with Gasteiger partial charge in [-0.05, 0) is 62.4 Å². The van der Waals surface area contributed by atoms with Crippen molar-refractivity contribution in [1.82, 2.24) is 9.88 Å². The van der Waals surface area contributed by atoms with Crippen molar-refractivity contribution in [2.45, 2.75) is 31.8 Å². The number of aromatic nitrogens is 1. The van der Waals surface area contributed by atoms with E-state index in [2.05, 4.69) is 9.88 Å². The van der Waals surface area contributed by atoms with E-state index in [1.54, 1.807) is 19.2 Å². The zero-order valence-corrected chi connectivity index (χ0v) is 21.3. The van der Waals surface area contributed by atoms with Crippen LogP contribution in [0.25, 0.3) is 10.9 Å². The second kappa shape index (κ2) is 11.9. The van der Waals surface area contributed by atoms with Gasteiger partial charge in [-0.2, -0.15) is 0 Å². The van der Waals surface area contributed by atoms with E-state index < -0.39 is 29.3 Å². The molecule has 1 saturated heterocycles. The number of ether oxygens (including phenoxy) is 2. The van der Waals surface area contributed by atoms with E-state index in [4.69, 9.17) is 21.1 Å². The molecular weight excluding hydrogens is 509 g/mol. The molecule has 1 atom stereocenters. The number of piperidine rings is 1. The Morgan fingerprint density at radius 1 is 1.14 bits per heavy atom. The second-order valence-electron chi connectivity index (χ2n) is 9.50. The molecule has 1 fully saturated rings. The molecule has 200 valence electrons. The number of halogens is 4. The van der Waals surface area contributed by atoms with Crippen molar-refractivity contribution in [1.29, 1.82) is 0 Å². The van der Waals surface area contributed by atoms with Crippen LogP contribution in [0.4, 0.5) is 13.2 Å². The highest BCUT2D eigenvalue weighted by Crippen LogP contribution is 2.40. The van der Waals surface area contributed by atoms with E-state index in [-0.39, 0.29) is 18.6 Å². The molecule has 37 heavy (non-hydrogen) atoms. The molecule has 2 aromatic carbocycles. The summed E-state index contributed by atoms with van der Waals surface area (Å²) in [5.74, 6) is -3.10. The molecule has 1 aromatic heterocycles. The second-order valence-corrected chi connectivity index (χ2v) is 9.91. The van der Waals surface area contributed by atoms with Crippen molar-refractivity contribution in [2.24, 2.45) is 5.41 Å². The number of likely N-dealkylation sites (tertiary alicyclic amines) is 1. The lowest BCUT2D eigenvalue weighted by atomic mass is 9.74. The number of methoxy groups -OCH3 is 1. The van der Waals surface area contributed by atoms with Crippen LogP contribution in [0.5, 0.6) is 11.5 Å². The maximum atomic E-state index is 13.8. The van der Waals surface area contributed by atoms with Crippen LogP contribution in [-0.4, -0.2) is 60.1 Å². The first-order chi connectivity index (χ1) is 17.7. The number of hydrogen-bond donors (Lipinski definition) is 2. The fraction of sp³-hybridized carbons (Fsp3) is 0.444.